The molecular weight excluding hydrogens is 222 g/mol. The molecule has 0 bridgehead atoms. The quantitative estimate of drug-likeness (QED) is 0.650. The summed E-state index contributed by atoms with van der Waals surface area (Å²) in [6, 6.07) is 0.481. The number of amides is 1. The second-order valence-corrected chi connectivity index (χ2v) is 4.70. The van der Waals surface area contributed by atoms with Crippen molar-refractivity contribution in [2.75, 3.05) is 20.1 Å². The van der Waals surface area contributed by atoms with E-state index >= 15 is 0 Å². The van der Waals surface area contributed by atoms with Gasteiger partial charge in [-0.3, -0.25) is 4.79 Å². The van der Waals surface area contributed by atoms with Crippen LogP contribution < -0.4 is 11.1 Å². The molecule has 4 nitrogen and oxygen atoms in total. The molecule has 0 saturated heterocycles. The van der Waals surface area contributed by atoms with Crippen LogP contribution in [0.2, 0.25) is 0 Å². The lowest BCUT2D eigenvalue weighted by Crippen LogP contribution is -2.41. The molecule has 0 aromatic rings. The number of nitrogens with zero attached hydrogens (tertiary/aromatic N) is 1. The summed E-state index contributed by atoms with van der Waals surface area (Å²) in [5.74, 6) is -0.397. The Morgan fingerprint density at radius 1 is 1.50 bits per heavy atom. The van der Waals surface area contributed by atoms with Gasteiger partial charge < -0.3 is 16.0 Å². The van der Waals surface area contributed by atoms with E-state index in [-0.39, 0.29) is 16.8 Å². The van der Waals surface area contributed by atoms with Crippen LogP contribution in [-0.4, -0.2) is 42.0 Å². The number of hydrogen-bond donors (Lipinski definition) is 2. The number of carbonyl (C=O) groups excluding carboxylic acids is 1. The maximum absolute atomic E-state index is 11.7. The molecule has 1 atom stereocenters. The average molecular weight is 245 g/mol. The molecule has 0 aliphatic carbocycles. The van der Waals surface area contributed by atoms with Gasteiger partial charge in [0.2, 0.25) is 5.91 Å². The molecule has 1 unspecified atom stereocenters. The van der Waals surface area contributed by atoms with Gasteiger partial charge in [0, 0.05) is 19.1 Å². The molecule has 0 aliphatic rings. The van der Waals surface area contributed by atoms with Crippen LogP contribution in [0.3, 0.4) is 0 Å². The van der Waals surface area contributed by atoms with Crippen LogP contribution in [0.25, 0.3) is 0 Å². The summed E-state index contributed by atoms with van der Waals surface area (Å²) >= 11 is 4.84. The molecule has 16 heavy (non-hydrogen) atoms. The van der Waals surface area contributed by atoms with Crippen molar-refractivity contribution in [1.29, 1.82) is 0 Å². The van der Waals surface area contributed by atoms with Gasteiger partial charge in [-0.2, -0.15) is 0 Å². The van der Waals surface area contributed by atoms with Crippen LogP contribution in [0.1, 0.15) is 27.2 Å². The number of rotatable bonds is 7. The van der Waals surface area contributed by atoms with E-state index in [1.165, 1.54) is 0 Å². The van der Waals surface area contributed by atoms with E-state index in [2.05, 4.69) is 24.1 Å². The molecule has 0 rings (SSSR count). The Labute approximate surface area is 104 Å². The molecule has 0 aliphatic heterocycles. The Balaban J connectivity index is 3.93. The van der Waals surface area contributed by atoms with Gasteiger partial charge in [-0.15, -0.1) is 0 Å². The number of hydrogen-bond acceptors (Lipinski definition) is 3. The third-order valence-electron chi connectivity index (χ3n) is 2.71. The van der Waals surface area contributed by atoms with Crippen molar-refractivity contribution >= 4 is 23.1 Å². The van der Waals surface area contributed by atoms with Crippen molar-refractivity contribution in [3.8, 4) is 0 Å². The van der Waals surface area contributed by atoms with Crippen LogP contribution in [0.5, 0.6) is 0 Å². The maximum atomic E-state index is 11.7. The lowest BCUT2D eigenvalue weighted by molar-refractivity contribution is -0.123. The summed E-state index contributed by atoms with van der Waals surface area (Å²) in [4.78, 5) is 14.1. The zero-order chi connectivity index (χ0) is 12.7. The van der Waals surface area contributed by atoms with Gasteiger partial charge in [-0.25, -0.2) is 0 Å². The Morgan fingerprint density at radius 3 is 2.44 bits per heavy atom. The smallest absolute Gasteiger partial charge is 0.229 e. The van der Waals surface area contributed by atoms with E-state index < -0.39 is 0 Å². The van der Waals surface area contributed by atoms with Crippen LogP contribution in [-0.2, 0) is 4.79 Å². The van der Waals surface area contributed by atoms with E-state index in [9.17, 15) is 4.79 Å². The highest BCUT2D eigenvalue weighted by molar-refractivity contribution is 7.80. The number of thiocarbonyl (C=S) groups is 1. The lowest BCUT2D eigenvalue weighted by atomic mass is 10.1. The summed E-state index contributed by atoms with van der Waals surface area (Å²) in [5, 5.41) is 2.85. The molecule has 0 spiro atoms. The zero-order valence-corrected chi connectivity index (χ0v) is 11.4. The largest absolute Gasteiger partial charge is 0.393 e. The molecule has 5 heteroatoms. The number of nitrogens with two attached hydrogens (primary N) is 1. The topological polar surface area (TPSA) is 58.4 Å². The Kier molecular flexibility index (Phi) is 7.25. The van der Waals surface area contributed by atoms with Crippen LogP contribution in [0.15, 0.2) is 0 Å². The summed E-state index contributed by atoms with van der Waals surface area (Å²) < 4.78 is 0. The van der Waals surface area contributed by atoms with Crippen LogP contribution in [0.4, 0.5) is 0 Å². The Morgan fingerprint density at radius 2 is 2.06 bits per heavy atom. The lowest BCUT2D eigenvalue weighted by Gasteiger charge is -2.21. The second-order valence-electron chi connectivity index (χ2n) is 4.23. The predicted octanol–water partition coefficient (Wildman–Crippen LogP) is 0.755. The van der Waals surface area contributed by atoms with Gasteiger partial charge in [0.25, 0.3) is 0 Å². The molecule has 3 N–H and O–H groups in total. The first-order valence-corrected chi connectivity index (χ1v) is 6.08. The number of likely N-dealkylation sites (N-methyl/N-ethyl adjacent to an activating group) is 1. The van der Waals surface area contributed by atoms with Gasteiger partial charge in [0.1, 0.15) is 0 Å². The van der Waals surface area contributed by atoms with E-state index in [0.29, 0.717) is 19.0 Å². The summed E-state index contributed by atoms with van der Waals surface area (Å²) in [6.07, 6.45) is 0.654. The minimum absolute atomic E-state index is 0.0628. The molecule has 0 saturated carbocycles. The molecule has 0 aromatic carbocycles. The maximum Gasteiger partial charge on any atom is 0.229 e. The highest BCUT2D eigenvalue weighted by Gasteiger charge is 2.18. The van der Waals surface area contributed by atoms with E-state index in [1.807, 2.05) is 14.0 Å². The molecule has 0 heterocycles. The van der Waals surface area contributed by atoms with Gasteiger partial charge >= 0.3 is 0 Å². The molecule has 94 valence electrons. The molecule has 1 amide bonds. The second kappa shape index (κ2) is 7.57. The standard InChI is InChI=1S/C11H23N3OS/c1-5-9(10(12)16)11(15)13-6-7-14(4)8(2)3/h8-9H,5-7H2,1-4H3,(H2,12,16)(H,13,15). The monoisotopic (exact) mass is 245 g/mol. The molecule has 0 radical (unpaired) electrons. The Bertz CT molecular complexity index is 243. The van der Waals surface area contributed by atoms with Crippen molar-refractivity contribution < 1.29 is 4.79 Å². The van der Waals surface area contributed by atoms with Crippen molar-refractivity contribution in [3.05, 3.63) is 0 Å². The van der Waals surface area contributed by atoms with E-state index in [4.69, 9.17) is 18.0 Å². The van der Waals surface area contributed by atoms with Crippen molar-refractivity contribution in [2.45, 2.75) is 33.2 Å². The minimum atomic E-state index is -0.334. The number of carbonyl (C=O) groups is 1. The first-order chi connectivity index (χ1) is 7.40. The van der Waals surface area contributed by atoms with Gasteiger partial charge in [0.15, 0.2) is 0 Å². The Hall–Kier alpha value is -0.680. The fraction of sp³-hybridized carbons (Fsp3) is 0.818. The predicted molar refractivity (Wildman–Crippen MR) is 71.3 cm³/mol. The minimum Gasteiger partial charge on any atom is -0.393 e. The van der Waals surface area contributed by atoms with Crippen LogP contribution in [0, 0.1) is 5.92 Å². The summed E-state index contributed by atoms with van der Waals surface area (Å²) in [7, 11) is 2.03. The SMILES string of the molecule is CCC(C(=O)NCCN(C)C(C)C)C(N)=S. The van der Waals surface area contributed by atoms with E-state index in [0.717, 1.165) is 6.54 Å². The van der Waals surface area contributed by atoms with Crippen LogP contribution >= 0.6 is 12.2 Å². The summed E-state index contributed by atoms with van der Waals surface area (Å²) in [5.41, 5.74) is 5.49. The van der Waals surface area contributed by atoms with Crippen molar-refractivity contribution in [3.63, 3.8) is 0 Å². The van der Waals surface area contributed by atoms with Gasteiger partial charge in [0.05, 0.1) is 10.9 Å². The fourth-order valence-corrected chi connectivity index (χ4v) is 1.53. The average Bonchev–Trinajstić information content (AvgIpc) is 2.17. The van der Waals surface area contributed by atoms with Crippen molar-refractivity contribution in [1.82, 2.24) is 10.2 Å². The first-order valence-electron chi connectivity index (χ1n) is 5.67. The zero-order valence-electron chi connectivity index (χ0n) is 10.6. The fourth-order valence-electron chi connectivity index (χ4n) is 1.25. The highest BCUT2D eigenvalue weighted by Crippen LogP contribution is 2.02. The molecule has 0 fully saturated rings. The highest BCUT2D eigenvalue weighted by atomic mass is 32.1. The molecule has 0 aromatic heterocycles. The third-order valence-corrected chi connectivity index (χ3v) is 3.00. The van der Waals surface area contributed by atoms with Gasteiger partial charge in [-0.1, -0.05) is 19.1 Å². The molecular formula is C11H23N3OS. The normalized spacial score (nSPS) is 12.9. The van der Waals surface area contributed by atoms with E-state index in [1.54, 1.807) is 0 Å². The van der Waals surface area contributed by atoms with Crippen molar-refractivity contribution in [2.24, 2.45) is 11.7 Å². The van der Waals surface area contributed by atoms with Gasteiger partial charge in [-0.05, 0) is 27.3 Å². The number of nitrogens with one attached hydrogen (secondary N) is 1. The first kappa shape index (κ1) is 15.3. The summed E-state index contributed by atoms with van der Waals surface area (Å²) in [6.45, 7) is 7.60. The third kappa shape index (κ3) is 5.42.